The van der Waals surface area contributed by atoms with Crippen LogP contribution >= 0.6 is 0 Å². The molecule has 2 aromatic carbocycles. The van der Waals surface area contributed by atoms with Crippen molar-refractivity contribution in [3.63, 3.8) is 0 Å². The van der Waals surface area contributed by atoms with Crippen LogP contribution in [-0.2, 0) is 21.7 Å². The molecule has 2 heterocycles. The minimum absolute atomic E-state index is 0.636. The van der Waals surface area contributed by atoms with Gasteiger partial charge in [-0.15, -0.1) is 0 Å². The van der Waals surface area contributed by atoms with Gasteiger partial charge in [-0.1, -0.05) is 48.5 Å². The minimum Gasteiger partial charge on any atom is -0.361 e. The molecule has 1 aliphatic heterocycles. The molecule has 0 amide bonds. The first-order valence-corrected chi connectivity index (χ1v) is 7.26. The first-order chi connectivity index (χ1) is 10.4. The zero-order valence-electron chi connectivity index (χ0n) is 11.7. The molecule has 4 rings (SSSR count). The second-order valence-corrected chi connectivity index (χ2v) is 5.35. The highest BCUT2D eigenvalue weighted by molar-refractivity contribution is 5.83. The van der Waals surface area contributed by atoms with Crippen LogP contribution in [0.3, 0.4) is 0 Å². The first-order valence-electron chi connectivity index (χ1n) is 7.26. The fraction of sp³-hybridized carbons (Fsp3) is 0.222. The van der Waals surface area contributed by atoms with E-state index in [-0.39, 0.29) is 0 Å². The van der Waals surface area contributed by atoms with Crippen LogP contribution in [-0.4, -0.2) is 18.2 Å². The van der Waals surface area contributed by atoms with Crippen molar-refractivity contribution in [2.45, 2.75) is 12.2 Å². The summed E-state index contributed by atoms with van der Waals surface area (Å²) in [5.74, 6) is -0.660. The van der Waals surface area contributed by atoms with Crippen LogP contribution in [0.15, 0.2) is 60.8 Å². The van der Waals surface area contributed by atoms with Crippen molar-refractivity contribution in [1.29, 1.82) is 0 Å². The zero-order chi connectivity index (χ0) is 14.1. The number of ether oxygens (including phenoxy) is 2. The van der Waals surface area contributed by atoms with Gasteiger partial charge in [0, 0.05) is 29.1 Å². The Balaban J connectivity index is 1.76. The van der Waals surface area contributed by atoms with Crippen LogP contribution < -0.4 is 0 Å². The number of aromatic amines is 1. The van der Waals surface area contributed by atoms with E-state index in [0.29, 0.717) is 19.6 Å². The highest BCUT2D eigenvalue weighted by atomic mass is 16.7. The summed E-state index contributed by atoms with van der Waals surface area (Å²) in [5.41, 5.74) is 3.44. The van der Waals surface area contributed by atoms with Gasteiger partial charge in [0.05, 0.1) is 13.2 Å². The number of hydrogen-bond acceptors (Lipinski definition) is 2. The molecule has 0 atom stereocenters. The van der Waals surface area contributed by atoms with Crippen LogP contribution in [0.5, 0.6) is 0 Å². The normalized spacial score (nSPS) is 17.3. The van der Waals surface area contributed by atoms with Gasteiger partial charge in [-0.3, -0.25) is 0 Å². The van der Waals surface area contributed by atoms with Gasteiger partial charge >= 0.3 is 0 Å². The number of rotatable bonds is 3. The summed E-state index contributed by atoms with van der Waals surface area (Å²) in [6.07, 6.45) is 2.77. The van der Waals surface area contributed by atoms with Crippen LogP contribution in [0, 0.1) is 0 Å². The molecule has 3 nitrogen and oxygen atoms in total. The van der Waals surface area contributed by atoms with Gasteiger partial charge < -0.3 is 14.5 Å². The second kappa shape index (κ2) is 5.02. The Morgan fingerprint density at radius 3 is 2.43 bits per heavy atom. The zero-order valence-corrected chi connectivity index (χ0v) is 11.7. The SMILES string of the molecule is c1ccc(C2(Cc3c[nH]c4ccccc34)OCCO2)cc1. The van der Waals surface area contributed by atoms with Crippen LogP contribution in [0.4, 0.5) is 0 Å². The number of nitrogens with one attached hydrogen (secondary N) is 1. The van der Waals surface area contributed by atoms with Crippen molar-refractivity contribution >= 4 is 10.9 Å². The predicted molar refractivity (Wildman–Crippen MR) is 82.0 cm³/mol. The maximum absolute atomic E-state index is 6.01. The van der Waals surface area contributed by atoms with Gasteiger partial charge in [0.15, 0.2) is 5.79 Å². The molecule has 0 aliphatic carbocycles. The van der Waals surface area contributed by atoms with Crippen LogP contribution in [0.1, 0.15) is 11.1 Å². The van der Waals surface area contributed by atoms with E-state index in [1.165, 1.54) is 10.9 Å². The number of para-hydroxylation sites is 1. The monoisotopic (exact) mass is 279 g/mol. The highest BCUT2D eigenvalue weighted by Gasteiger charge is 2.39. The predicted octanol–water partition coefficient (Wildman–Crippen LogP) is 3.61. The molecule has 1 fully saturated rings. The lowest BCUT2D eigenvalue weighted by molar-refractivity contribution is -0.164. The van der Waals surface area contributed by atoms with Gasteiger partial charge in [-0.05, 0) is 11.6 Å². The van der Waals surface area contributed by atoms with E-state index >= 15 is 0 Å². The van der Waals surface area contributed by atoms with E-state index in [4.69, 9.17) is 9.47 Å². The Kier molecular flexibility index (Phi) is 3.02. The van der Waals surface area contributed by atoms with Crippen LogP contribution in [0.2, 0.25) is 0 Å². The Morgan fingerprint density at radius 2 is 1.62 bits per heavy atom. The molecule has 106 valence electrons. The van der Waals surface area contributed by atoms with Gasteiger partial charge in [0.1, 0.15) is 0 Å². The molecule has 0 unspecified atom stereocenters. The number of aromatic nitrogens is 1. The van der Waals surface area contributed by atoms with E-state index in [9.17, 15) is 0 Å². The largest absolute Gasteiger partial charge is 0.361 e. The van der Waals surface area contributed by atoms with Gasteiger partial charge in [-0.2, -0.15) is 0 Å². The summed E-state index contributed by atoms with van der Waals surface area (Å²) in [4.78, 5) is 3.32. The average Bonchev–Trinajstić information content (AvgIpc) is 3.17. The molecule has 3 aromatic rings. The van der Waals surface area contributed by atoms with Gasteiger partial charge in [-0.25, -0.2) is 0 Å². The summed E-state index contributed by atoms with van der Waals surface area (Å²) in [6.45, 7) is 1.27. The summed E-state index contributed by atoms with van der Waals surface area (Å²) in [7, 11) is 0. The third kappa shape index (κ3) is 2.15. The number of fused-ring (bicyclic) bond motifs is 1. The molecule has 0 saturated carbocycles. The lowest BCUT2D eigenvalue weighted by Crippen LogP contribution is -2.29. The van der Waals surface area contributed by atoms with Crippen molar-refractivity contribution < 1.29 is 9.47 Å². The molecule has 1 aliphatic rings. The van der Waals surface area contributed by atoms with E-state index in [2.05, 4.69) is 41.5 Å². The fourth-order valence-electron chi connectivity index (χ4n) is 3.05. The van der Waals surface area contributed by atoms with E-state index in [1.54, 1.807) is 0 Å². The standard InChI is InChI=1S/C18H17NO2/c1-2-6-15(7-3-1)18(20-10-11-21-18)12-14-13-19-17-9-5-4-8-16(14)17/h1-9,13,19H,10-12H2. The van der Waals surface area contributed by atoms with Crippen molar-refractivity contribution in [2.24, 2.45) is 0 Å². The Labute approximate surface area is 123 Å². The minimum atomic E-state index is -0.660. The van der Waals surface area contributed by atoms with Gasteiger partial charge in [0.2, 0.25) is 0 Å². The Bertz CT molecular complexity index is 742. The van der Waals surface area contributed by atoms with Gasteiger partial charge in [0.25, 0.3) is 0 Å². The maximum atomic E-state index is 6.01. The smallest absolute Gasteiger partial charge is 0.199 e. The fourth-order valence-corrected chi connectivity index (χ4v) is 3.05. The van der Waals surface area contributed by atoms with E-state index in [0.717, 1.165) is 11.1 Å². The molecule has 1 saturated heterocycles. The molecule has 0 radical (unpaired) electrons. The van der Waals surface area contributed by atoms with E-state index in [1.807, 2.05) is 24.3 Å². The molecule has 0 spiro atoms. The Morgan fingerprint density at radius 1 is 0.905 bits per heavy atom. The van der Waals surface area contributed by atoms with Crippen molar-refractivity contribution in [2.75, 3.05) is 13.2 Å². The Hall–Kier alpha value is -2.10. The molecule has 21 heavy (non-hydrogen) atoms. The summed E-state index contributed by atoms with van der Waals surface area (Å²) >= 11 is 0. The molecule has 1 N–H and O–H groups in total. The topological polar surface area (TPSA) is 34.2 Å². The number of H-pyrrole nitrogens is 1. The van der Waals surface area contributed by atoms with Crippen molar-refractivity contribution in [3.05, 3.63) is 71.9 Å². The quantitative estimate of drug-likeness (QED) is 0.794. The summed E-state index contributed by atoms with van der Waals surface area (Å²) < 4.78 is 12.0. The summed E-state index contributed by atoms with van der Waals surface area (Å²) in [6, 6.07) is 18.5. The van der Waals surface area contributed by atoms with Crippen LogP contribution in [0.25, 0.3) is 10.9 Å². The average molecular weight is 279 g/mol. The van der Waals surface area contributed by atoms with Crippen molar-refractivity contribution in [3.8, 4) is 0 Å². The highest BCUT2D eigenvalue weighted by Crippen LogP contribution is 2.36. The maximum Gasteiger partial charge on any atom is 0.199 e. The van der Waals surface area contributed by atoms with E-state index < -0.39 is 5.79 Å². The number of hydrogen-bond donors (Lipinski definition) is 1. The second-order valence-electron chi connectivity index (χ2n) is 5.35. The molecular formula is C18H17NO2. The third-order valence-electron chi connectivity index (χ3n) is 4.07. The van der Waals surface area contributed by atoms with Crippen molar-refractivity contribution in [1.82, 2.24) is 4.98 Å². The third-order valence-corrected chi connectivity index (χ3v) is 4.07. The molecular weight excluding hydrogens is 262 g/mol. The molecule has 0 bridgehead atoms. The first kappa shape index (κ1) is 12.6. The summed E-state index contributed by atoms with van der Waals surface area (Å²) in [5, 5.41) is 1.23. The molecule has 1 aromatic heterocycles. The lowest BCUT2D eigenvalue weighted by Gasteiger charge is -2.27. The number of benzene rings is 2. The lowest BCUT2D eigenvalue weighted by atomic mass is 9.97. The molecule has 3 heteroatoms.